The molecule has 2 rings (SSSR count). The number of aryl methyl sites for hydroxylation is 1. The van der Waals surface area contributed by atoms with Gasteiger partial charge in [-0.2, -0.15) is 0 Å². The van der Waals surface area contributed by atoms with E-state index in [2.05, 4.69) is 46.8 Å². The van der Waals surface area contributed by atoms with Gasteiger partial charge in [0.05, 0.1) is 18.2 Å². The zero-order valence-corrected chi connectivity index (χ0v) is 12.4. The molecule has 0 aliphatic carbocycles. The fraction of sp³-hybridized carbons (Fsp3) is 0.571. The average Bonchev–Trinajstić information content (AvgIpc) is 2.88. The lowest BCUT2D eigenvalue weighted by Crippen LogP contribution is -2.09. The van der Waals surface area contributed by atoms with E-state index in [0.29, 0.717) is 12.0 Å². The van der Waals surface area contributed by atoms with Crippen molar-refractivity contribution in [2.75, 3.05) is 5.73 Å². The lowest BCUT2D eigenvalue weighted by Gasteiger charge is -2.12. The van der Waals surface area contributed by atoms with Crippen molar-refractivity contribution in [1.29, 1.82) is 0 Å². The third-order valence-corrected chi connectivity index (χ3v) is 3.21. The fourth-order valence-corrected chi connectivity index (χ4v) is 2.27. The van der Waals surface area contributed by atoms with Crippen LogP contribution >= 0.6 is 0 Å². The molecule has 19 heavy (non-hydrogen) atoms. The van der Waals surface area contributed by atoms with Crippen molar-refractivity contribution in [3.63, 3.8) is 0 Å². The van der Waals surface area contributed by atoms with Crippen LogP contribution in [0.1, 0.15) is 39.6 Å². The summed E-state index contributed by atoms with van der Waals surface area (Å²) < 4.78 is 4.18. The van der Waals surface area contributed by atoms with Crippen LogP contribution in [0.15, 0.2) is 12.5 Å². The quantitative estimate of drug-likeness (QED) is 0.920. The third kappa shape index (κ3) is 2.50. The molecule has 0 amide bonds. The Morgan fingerprint density at radius 2 is 1.95 bits per heavy atom. The molecule has 0 spiro atoms. The molecule has 0 aliphatic heterocycles. The van der Waals surface area contributed by atoms with Gasteiger partial charge in [0.15, 0.2) is 0 Å². The van der Waals surface area contributed by atoms with Crippen LogP contribution in [0.2, 0.25) is 0 Å². The second-order valence-electron chi connectivity index (χ2n) is 5.68. The highest BCUT2D eigenvalue weighted by Gasteiger charge is 2.18. The summed E-state index contributed by atoms with van der Waals surface area (Å²) in [7, 11) is 0. The van der Waals surface area contributed by atoms with Crippen LogP contribution in [0.4, 0.5) is 5.82 Å². The molecule has 0 unspecified atom stereocenters. The van der Waals surface area contributed by atoms with Crippen LogP contribution in [-0.2, 0) is 6.54 Å². The standard InChI is InChI=1S/C14H23N5/c1-9(2)7-18-11(5)17-13(14(18)15)12-6-16-8-19(12)10(3)4/h6,8-10H,7,15H2,1-5H3. The van der Waals surface area contributed by atoms with E-state index in [4.69, 9.17) is 5.73 Å². The van der Waals surface area contributed by atoms with Crippen LogP contribution in [-0.4, -0.2) is 19.1 Å². The van der Waals surface area contributed by atoms with E-state index in [1.54, 1.807) is 0 Å². The van der Waals surface area contributed by atoms with Gasteiger partial charge in [0, 0.05) is 12.6 Å². The van der Waals surface area contributed by atoms with Gasteiger partial charge in [-0.3, -0.25) is 0 Å². The minimum Gasteiger partial charge on any atom is -0.383 e. The van der Waals surface area contributed by atoms with Crippen molar-refractivity contribution in [3.8, 4) is 11.4 Å². The van der Waals surface area contributed by atoms with Gasteiger partial charge in [0.2, 0.25) is 0 Å². The number of nitrogens with zero attached hydrogens (tertiary/aromatic N) is 4. The number of rotatable bonds is 4. The molecule has 0 radical (unpaired) electrons. The number of hydrogen-bond donors (Lipinski definition) is 1. The number of nitrogens with two attached hydrogens (primary N) is 1. The highest BCUT2D eigenvalue weighted by Crippen LogP contribution is 2.28. The highest BCUT2D eigenvalue weighted by molar-refractivity contribution is 5.68. The van der Waals surface area contributed by atoms with Crippen molar-refractivity contribution in [2.24, 2.45) is 5.92 Å². The van der Waals surface area contributed by atoms with E-state index in [-0.39, 0.29) is 0 Å². The Labute approximate surface area is 114 Å². The topological polar surface area (TPSA) is 61.7 Å². The molecule has 2 heterocycles. The highest BCUT2D eigenvalue weighted by atomic mass is 15.2. The summed E-state index contributed by atoms with van der Waals surface area (Å²) in [5.41, 5.74) is 8.09. The van der Waals surface area contributed by atoms with Gasteiger partial charge in [-0.25, -0.2) is 9.97 Å². The molecule has 0 bridgehead atoms. The van der Waals surface area contributed by atoms with E-state index >= 15 is 0 Å². The summed E-state index contributed by atoms with van der Waals surface area (Å²) >= 11 is 0. The Morgan fingerprint density at radius 1 is 1.26 bits per heavy atom. The predicted molar refractivity (Wildman–Crippen MR) is 77.8 cm³/mol. The number of nitrogen functional groups attached to an aromatic ring is 1. The first kappa shape index (κ1) is 13.6. The van der Waals surface area contributed by atoms with Gasteiger partial charge in [0.1, 0.15) is 17.3 Å². The minimum atomic E-state index is 0.340. The first-order valence-corrected chi connectivity index (χ1v) is 6.76. The van der Waals surface area contributed by atoms with Crippen molar-refractivity contribution in [3.05, 3.63) is 18.3 Å². The first-order valence-electron chi connectivity index (χ1n) is 6.76. The zero-order valence-electron chi connectivity index (χ0n) is 12.4. The Hall–Kier alpha value is -1.78. The third-order valence-electron chi connectivity index (χ3n) is 3.21. The Bertz CT molecular complexity index is 562. The van der Waals surface area contributed by atoms with E-state index in [1.165, 1.54) is 0 Å². The van der Waals surface area contributed by atoms with Gasteiger partial charge in [0.25, 0.3) is 0 Å². The SMILES string of the molecule is Cc1nc(-c2cncn2C(C)C)c(N)n1CC(C)C. The maximum atomic E-state index is 6.27. The smallest absolute Gasteiger partial charge is 0.133 e. The van der Waals surface area contributed by atoms with Gasteiger partial charge >= 0.3 is 0 Å². The lowest BCUT2D eigenvalue weighted by atomic mass is 10.2. The zero-order chi connectivity index (χ0) is 14.2. The monoisotopic (exact) mass is 261 g/mol. The van der Waals surface area contributed by atoms with Crippen LogP contribution in [0.25, 0.3) is 11.4 Å². The summed E-state index contributed by atoms with van der Waals surface area (Å²) in [5, 5.41) is 0. The van der Waals surface area contributed by atoms with Gasteiger partial charge in [-0.15, -0.1) is 0 Å². The normalized spacial score (nSPS) is 11.7. The van der Waals surface area contributed by atoms with Crippen molar-refractivity contribution in [2.45, 2.75) is 47.2 Å². The summed E-state index contributed by atoms with van der Waals surface area (Å²) in [5.74, 6) is 2.23. The largest absolute Gasteiger partial charge is 0.383 e. The molecule has 2 N–H and O–H groups in total. The number of hydrogen-bond acceptors (Lipinski definition) is 3. The molecule has 2 aromatic rings. The van der Waals surface area contributed by atoms with Crippen molar-refractivity contribution >= 4 is 5.82 Å². The molecule has 5 heteroatoms. The summed E-state index contributed by atoms with van der Waals surface area (Å²) in [4.78, 5) is 8.84. The summed E-state index contributed by atoms with van der Waals surface area (Å²) in [6.45, 7) is 11.5. The van der Waals surface area contributed by atoms with E-state index in [0.717, 1.165) is 29.6 Å². The Kier molecular flexibility index (Phi) is 3.64. The molecule has 5 nitrogen and oxygen atoms in total. The molecular weight excluding hydrogens is 238 g/mol. The number of aromatic nitrogens is 4. The van der Waals surface area contributed by atoms with Gasteiger partial charge in [-0.05, 0) is 26.7 Å². The van der Waals surface area contributed by atoms with Crippen molar-refractivity contribution < 1.29 is 0 Å². The molecule has 0 saturated carbocycles. The van der Waals surface area contributed by atoms with Crippen LogP contribution in [0.3, 0.4) is 0 Å². The molecule has 0 fully saturated rings. The van der Waals surface area contributed by atoms with E-state index in [9.17, 15) is 0 Å². The summed E-state index contributed by atoms with van der Waals surface area (Å²) in [6, 6.07) is 0.340. The molecule has 0 saturated heterocycles. The molecule has 2 aromatic heterocycles. The Balaban J connectivity index is 2.49. The molecule has 104 valence electrons. The van der Waals surface area contributed by atoms with E-state index in [1.807, 2.05) is 19.4 Å². The molecular formula is C14H23N5. The van der Waals surface area contributed by atoms with Crippen molar-refractivity contribution in [1.82, 2.24) is 19.1 Å². The summed E-state index contributed by atoms with van der Waals surface area (Å²) in [6.07, 6.45) is 3.66. The minimum absolute atomic E-state index is 0.340. The number of anilines is 1. The predicted octanol–water partition coefficient (Wildman–Crippen LogP) is 2.87. The van der Waals surface area contributed by atoms with Crippen LogP contribution in [0.5, 0.6) is 0 Å². The Morgan fingerprint density at radius 3 is 2.53 bits per heavy atom. The number of imidazole rings is 2. The first-order chi connectivity index (χ1) is 8.91. The van der Waals surface area contributed by atoms with Gasteiger partial charge in [-0.1, -0.05) is 13.8 Å². The maximum absolute atomic E-state index is 6.27. The average molecular weight is 261 g/mol. The van der Waals surface area contributed by atoms with Gasteiger partial charge < -0.3 is 14.9 Å². The van der Waals surface area contributed by atoms with Crippen LogP contribution in [0, 0.1) is 12.8 Å². The van der Waals surface area contributed by atoms with E-state index < -0.39 is 0 Å². The fourth-order valence-electron chi connectivity index (χ4n) is 2.27. The van der Waals surface area contributed by atoms with Crippen LogP contribution < -0.4 is 5.73 Å². The maximum Gasteiger partial charge on any atom is 0.133 e. The molecule has 0 aliphatic rings. The lowest BCUT2D eigenvalue weighted by molar-refractivity contribution is 0.518. The second kappa shape index (κ2) is 5.07. The molecule has 0 atom stereocenters. The second-order valence-corrected chi connectivity index (χ2v) is 5.68. The molecule has 0 aromatic carbocycles.